The highest BCUT2D eigenvalue weighted by Gasteiger charge is 2.16. The number of benzene rings is 1. The van der Waals surface area contributed by atoms with Crippen molar-refractivity contribution in [3.8, 4) is 5.75 Å². The zero-order valence-electron chi connectivity index (χ0n) is 11.4. The maximum atomic E-state index is 10.6. The fraction of sp³-hybridized carbons (Fsp3) is 0.400. The number of rotatable bonds is 6. The van der Waals surface area contributed by atoms with Crippen LogP contribution in [0, 0.1) is 0 Å². The Morgan fingerprint density at radius 1 is 1.48 bits per heavy atom. The molecule has 1 heterocycles. The molecule has 4 nitrogen and oxygen atoms in total. The summed E-state index contributed by atoms with van der Waals surface area (Å²) in [6.07, 6.45) is 5.58. The molecular formula is C15H16Cl2O4. The van der Waals surface area contributed by atoms with Crippen molar-refractivity contribution in [2.45, 2.75) is 25.4 Å². The molecule has 6 heteroatoms. The molecule has 1 saturated heterocycles. The molecule has 0 bridgehead atoms. The first-order chi connectivity index (χ1) is 10.1. The second-order valence-corrected chi connectivity index (χ2v) is 5.59. The van der Waals surface area contributed by atoms with Gasteiger partial charge in [-0.15, -0.1) is 0 Å². The summed E-state index contributed by atoms with van der Waals surface area (Å²) < 4.78 is 11.2. The Hall–Kier alpha value is -1.23. The highest BCUT2D eigenvalue weighted by atomic mass is 35.5. The summed E-state index contributed by atoms with van der Waals surface area (Å²) >= 11 is 12.1. The number of hydrogen-bond acceptors (Lipinski definition) is 3. The lowest BCUT2D eigenvalue weighted by Crippen LogP contribution is -2.11. The van der Waals surface area contributed by atoms with Crippen molar-refractivity contribution in [2.75, 3.05) is 13.2 Å². The third-order valence-electron chi connectivity index (χ3n) is 3.15. The van der Waals surface area contributed by atoms with Gasteiger partial charge in [-0.25, -0.2) is 4.79 Å². The second-order valence-electron chi connectivity index (χ2n) is 4.75. The van der Waals surface area contributed by atoms with E-state index in [1.165, 1.54) is 6.08 Å². The lowest BCUT2D eigenvalue weighted by molar-refractivity contribution is -0.131. The van der Waals surface area contributed by atoms with Gasteiger partial charge in [-0.3, -0.25) is 0 Å². The normalized spacial score (nSPS) is 18.3. The van der Waals surface area contributed by atoms with Crippen LogP contribution < -0.4 is 4.74 Å². The Labute approximate surface area is 133 Å². The zero-order chi connectivity index (χ0) is 15.2. The van der Waals surface area contributed by atoms with E-state index < -0.39 is 5.97 Å². The topological polar surface area (TPSA) is 55.8 Å². The summed E-state index contributed by atoms with van der Waals surface area (Å²) in [5.41, 5.74) is 0.544. The van der Waals surface area contributed by atoms with E-state index in [1.807, 2.05) is 0 Å². The van der Waals surface area contributed by atoms with Crippen molar-refractivity contribution in [1.82, 2.24) is 0 Å². The highest BCUT2D eigenvalue weighted by molar-refractivity contribution is 6.35. The quantitative estimate of drug-likeness (QED) is 0.800. The highest BCUT2D eigenvalue weighted by Crippen LogP contribution is 2.33. The zero-order valence-corrected chi connectivity index (χ0v) is 12.9. The first kappa shape index (κ1) is 16.1. The second kappa shape index (κ2) is 7.69. The minimum atomic E-state index is -1.04. The van der Waals surface area contributed by atoms with Gasteiger partial charge in [0.1, 0.15) is 5.75 Å². The van der Waals surface area contributed by atoms with E-state index in [-0.39, 0.29) is 6.10 Å². The van der Waals surface area contributed by atoms with E-state index in [2.05, 4.69) is 0 Å². The maximum absolute atomic E-state index is 10.6. The Bertz CT molecular complexity index is 537. The fourth-order valence-electron chi connectivity index (χ4n) is 2.18. The van der Waals surface area contributed by atoms with Gasteiger partial charge in [-0.1, -0.05) is 23.2 Å². The van der Waals surface area contributed by atoms with Crippen molar-refractivity contribution < 1.29 is 19.4 Å². The first-order valence-electron chi connectivity index (χ1n) is 6.70. The number of hydrogen-bond donors (Lipinski definition) is 1. The monoisotopic (exact) mass is 330 g/mol. The van der Waals surface area contributed by atoms with Gasteiger partial charge in [0.2, 0.25) is 0 Å². The van der Waals surface area contributed by atoms with Crippen LogP contribution in [0.15, 0.2) is 18.2 Å². The molecule has 2 rings (SSSR count). The number of aliphatic carboxylic acids is 1. The predicted molar refractivity (Wildman–Crippen MR) is 82.2 cm³/mol. The minimum Gasteiger partial charge on any atom is -0.491 e. The van der Waals surface area contributed by atoms with E-state index in [4.69, 9.17) is 37.8 Å². The number of carbonyl (C=O) groups is 1. The van der Waals surface area contributed by atoms with E-state index in [0.717, 1.165) is 31.9 Å². The van der Waals surface area contributed by atoms with Crippen molar-refractivity contribution >= 4 is 35.2 Å². The Morgan fingerprint density at radius 3 is 2.95 bits per heavy atom. The molecule has 21 heavy (non-hydrogen) atoms. The van der Waals surface area contributed by atoms with Crippen LogP contribution in [0.3, 0.4) is 0 Å². The summed E-state index contributed by atoms with van der Waals surface area (Å²) in [5.74, 6) is -0.604. The minimum absolute atomic E-state index is 0.231. The molecule has 114 valence electrons. The van der Waals surface area contributed by atoms with Crippen LogP contribution in [-0.2, 0) is 9.53 Å². The van der Waals surface area contributed by atoms with Gasteiger partial charge < -0.3 is 14.6 Å². The van der Waals surface area contributed by atoms with Crippen LogP contribution in [-0.4, -0.2) is 30.4 Å². The summed E-state index contributed by atoms with van der Waals surface area (Å²) in [4.78, 5) is 10.6. The Morgan fingerprint density at radius 2 is 2.29 bits per heavy atom. The van der Waals surface area contributed by atoms with Crippen LogP contribution in [0.25, 0.3) is 6.08 Å². The summed E-state index contributed by atoms with van der Waals surface area (Å²) in [6.45, 7) is 1.26. The van der Waals surface area contributed by atoms with Gasteiger partial charge in [0, 0.05) is 29.7 Å². The van der Waals surface area contributed by atoms with Crippen LogP contribution in [0.5, 0.6) is 5.75 Å². The number of halogens is 2. The largest absolute Gasteiger partial charge is 0.491 e. The summed E-state index contributed by atoms with van der Waals surface area (Å²) in [6, 6.07) is 3.19. The van der Waals surface area contributed by atoms with E-state index in [1.54, 1.807) is 12.1 Å². The smallest absolute Gasteiger partial charge is 0.328 e. The molecule has 1 N–H and O–H groups in total. The van der Waals surface area contributed by atoms with E-state index in [9.17, 15) is 4.79 Å². The third kappa shape index (κ3) is 4.92. The molecule has 0 aromatic heterocycles. The molecule has 1 aliphatic heterocycles. The standard InChI is InChI=1S/C15H16Cl2O4/c16-11-8-10(3-4-14(18)19)15(13(17)9-11)21-7-5-12-2-1-6-20-12/h3-4,8-9,12H,1-2,5-7H2,(H,18,19). The van der Waals surface area contributed by atoms with Crippen molar-refractivity contribution in [1.29, 1.82) is 0 Å². The molecule has 1 unspecified atom stereocenters. The van der Waals surface area contributed by atoms with Crippen LogP contribution in [0.4, 0.5) is 0 Å². The molecule has 1 fully saturated rings. The van der Waals surface area contributed by atoms with E-state index >= 15 is 0 Å². The van der Waals surface area contributed by atoms with Crippen LogP contribution in [0.1, 0.15) is 24.8 Å². The number of carboxylic acids is 1. The van der Waals surface area contributed by atoms with Gasteiger partial charge in [0.15, 0.2) is 0 Å². The molecule has 1 aliphatic rings. The van der Waals surface area contributed by atoms with Crippen LogP contribution >= 0.6 is 23.2 Å². The van der Waals surface area contributed by atoms with Crippen molar-refractivity contribution in [3.05, 3.63) is 33.8 Å². The third-order valence-corrected chi connectivity index (χ3v) is 3.65. The van der Waals surface area contributed by atoms with Gasteiger partial charge in [0.25, 0.3) is 0 Å². The first-order valence-corrected chi connectivity index (χ1v) is 7.46. The number of ether oxygens (including phenoxy) is 2. The lowest BCUT2D eigenvalue weighted by Gasteiger charge is -2.14. The molecule has 0 amide bonds. The maximum Gasteiger partial charge on any atom is 0.328 e. The molecular weight excluding hydrogens is 315 g/mol. The summed E-state index contributed by atoms with van der Waals surface area (Å²) in [5, 5.41) is 9.50. The summed E-state index contributed by atoms with van der Waals surface area (Å²) in [7, 11) is 0. The molecule has 1 aromatic rings. The van der Waals surface area contributed by atoms with Crippen molar-refractivity contribution in [3.63, 3.8) is 0 Å². The van der Waals surface area contributed by atoms with Gasteiger partial charge in [0.05, 0.1) is 17.7 Å². The molecule has 1 aromatic carbocycles. The van der Waals surface area contributed by atoms with E-state index in [0.29, 0.717) is 28.0 Å². The van der Waals surface area contributed by atoms with Gasteiger partial charge >= 0.3 is 5.97 Å². The average molecular weight is 331 g/mol. The molecule has 0 saturated carbocycles. The van der Waals surface area contributed by atoms with Gasteiger partial charge in [-0.05, 0) is 31.1 Å². The molecule has 0 radical (unpaired) electrons. The van der Waals surface area contributed by atoms with Gasteiger partial charge in [-0.2, -0.15) is 0 Å². The van der Waals surface area contributed by atoms with Crippen molar-refractivity contribution in [2.24, 2.45) is 0 Å². The molecule has 1 atom stereocenters. The fourth-order valence-corrected chi connectivity index (χ4v) is 2.75. The number of carboxylic acid groups (broad SMARTS) is 1. The Kier molecular flexibility index (Phi) is 5.91. The average Bonchev–Trinajstić information content (AvgIpc) is 2.92. The SMILES string of the molecule is O=C(O)C=Cc1cc(Cl)cc(Cl)c1OCCC1CCCO1. The predicted octanol–water partition coefficient (Wildman–Crippen LogP) is 4.04. The lowest BCUT2D eigenvalue weighted by atomic mass is 10.1. The molecule has 0 spiro atoms. The Balaban J connectivity index is 2.06. The molecule has 0 aliphatic carbocycles. The van der Waals surface area contributed by atoms with Crippen LogP contribution in [0.2, 0.25) is 10.0 Å².